The molecule has 0 spiro atoms. The van der Waals surface area contributed by atoms with E-state index in [0.29, 0.717) is 0 Å². The number of carbonyl (C=O) groups excluding carboxylic acids is 1. The van der Waals surface area contributed by atoms with Gasteiger partial charge in [-0.2, -0.15) is 0 Å². The first-order valence-corrected chi connectivity index (χ1v) is 3.93. The summed E-state index contributed by atoms with van der Waals surface area (Å²) in [4.78, 5) is 10.9. The summed E-state index contributed by atoms with van der Waals surface area (Å²) in [5, 5.41) is 52.4. The van der Waals surface area contributed by atoms with Crippen LogP contribution in [0.15, 0.2) is 0 Å². The monoisotopic (exact) mass is 210 g/mol. The number of aliphatic hydroxyl groups excluding tert-OH is 6. The molecular weight excluding hydrogens is 196 g/mol. The molecule has 0 fully saturated rings. The minimum atomic E-state index is -2.04. The average Bonchev–Trinajstić information content (AvgIpc) is 2.23. The van der Waals surface area contributed by atoms with E-state index in [-0.39, 0.29) is 0 Å². The quantitative estimate of drug-likeness (QED) is 0.262. The van der Waals surface area contributed by atoms with Gasteiger partial charge in [0.15, 0.2) is 5.78 Å². The highest BCUT2D eigenvalue weighted by Crippen LogP contribution is 2.03. The Bertz CT molecular complexity index is 183. The van der Waals surface area contributed by atoms with E-state index >= 15 is 0 Å². The molecule has 0 aliphatic heterocycles. The van der Waals surface area contributed by atoms with Crippen molar-refractivity contribution in [3.63, 3.8) is 0 Å². The molecule has 0 heterocycles. The van der Waals surface area contributed by atoms with Gasteiger partial charge < -0.3 is 30.6 Å². The van der Waals surface area contributed by atoms with Gasteiger partial charge in [0.25, 0.3) is 0 Å². The van der Waals surface area contributed by atoms with Crippen molar-refractivity contribution in [1.29, 1.82) is 0 Å². The molecule has 84 valence electrons. The fourth-order valence-electron chi connectivity index (χ4n) is 0.774. The molecule has 6 N–H and O–H groups in total. The van der Waals surface area contributed by atoms with Crippen LogP contribution in [-0.2, 0) is 4.79 Å². The second kappa shape index (κ2) is 6.02. The van der Waals surface area contributed by atoms with Crippen LogP contribution in [0.5, 0.6) is 0 Å². The Kier molecular flexibility index (Phi) is 5.77. The van der Waals surface area contributed by atoms with E-state index in [1.54, 1.807) is 0 Å². The molecule has 0 saturated heterocycles. The molecular formula is C7H14O7. The lowest BCUT2D eigenvalue weighted by Crippen LogP contribution is -2.48. The van der Waals surface area contributed by atoms with E-state index in [0.717, 1.165) is 0 Å². The van der Waals surface area contributed by atoms with E-state index in [4.69, 9.17) is 30.6 Å². The first kappa shape index (κ1) is 13.4. The molecule has 0 aliphatic carbocycles. The second-order valence-corrected chi connectivity index (χ2v) is 2.79. The fourth-order valence-corrected chi connectivity index (χ4v) is 0.774. The summed E-state index contributed by atoms with van der Waals surface area (Å²) in [7, 11) is 0. The van der Waals surface area contributed by atoms with Crippen molar-refractivity contribution in [2.45, 2.75) is 24.4 Å². The summed E-state index contributed by atoms with van der Waals surface area (Å²) < 4.78 is 0. The number of Topliss-reactive ketones (excluding diaryl/α,β-unsaturated/α-hetero) is 1. The molecule has 0 bridgehead atoms. The third-order valence-corrected chi connectivity index (χ3v) is 1.70. The van der Waals surface area contributed by atoms with Crippen LogP contribution >= 0.6 is 0 Å². The summed E-state index contributed by atoms with van der Waals surface area (Å²) in [6.07, 6.45) is -7.43. The van der Waals surface area contributed by atoms with Crippen molar-refractivity contribution in [3.8, 4) is 0 Å². The van der Waals surface area contributed by atoms with Gasteiger partial charge in [0.2, 0.25) is 0 Å². The summed E-state index contributed by atoms with van der Waals surface area (Å²) in [6.45, 7) is -1.72. The van der Waals surface area contributed by atoms with Crippen LogP contribution in [0.1, 0.15) is 0 Å². The molecule has 7 heteroatoms. The third-order valence-electron chi connectivity index (χ3n) is 1.70. The van der Waals surface area contributed by atoms with Crippen LogP contribution < -0.4 is 0 Å². The maximum Gasteiger partial charge on any atom is 0.194 e. The summed E-state index contributed by atoms with van der Waals surface area (Å²) >= 11 is 0. The molecule has 0 aliphatic rings. The molecule has 0 aromatic rings. The number of aliphatic hydroxyl groups is 6. The molecule has 14 heavy (non-hydrogen) atoms. The van der Waals surface area contributed by atoms with Gasteiger partial charge in [0.1, 0.15) is 24.4 Å². The lowest BCUT2D eigenvalue weighted by molar-refractivity contribution is -0.150. The van der Waals surface area contributed by atoms with Crippen LogP contribution in [0, 0.1) is 0 Å². The van der Waals surface area contributed by atoms with Crippen molar-refractivity contribution < 1.29 is 35.4 Å². The first-order chi connectivity index (χ1) is 6.45. The maximum atomic E-state index is 10.9. The smallest absolute Gasteiger partial charge is 0.194 e. The number of ketones is 1. The summed E-state index contributed by atoms with van der Waals surface area (Å²) in [5.74, 6) is -1.22. The Morgan fingerprint density at radius 1 is 1.00 bits per heavy atom. The highest BCUT2D eigenvalue weighted by molar-refractivity contribution is 5.87. The van der Waals surface area contributed by atoms with Crippen molar-refractivity contribution in [3.05, 3.63) is 0 Å². The molecule has 4 atom stereocenters. The molecule has 0 aromatic heterocycles. The molecule has 0 aromatic carbocycles. The van der Waals surface area contributed by atoms with E-state index in [1.165, 1.54) is 0 Å². The zero-order chi connectivity index (χ0) is 11.3. The van der Waals surface area contributed by atoms with Gasteiger partial charge in [-0.1, -0.05) is 0 Å². The molecule has 0 saturated carbocycles. The van der Waals surface area contributed by atoms with Gasteiger partial charge in [-0.15, -0.1) is 0 Å². The Balaban J connectivity index is 4.30. The lowest BCUT2D eigenvalue weighted by Gasteiger charge is -2.21. The summed E-state index contributed by atoms with van der Waals surface area (Å²) in [6, 6.07) is 0. The predicted octanol–water partition coefficient (Wildman–Crippen LogP) is -4.02. The van der Waals surface area contributed by atoms with Gasteiger partial charge in [-0.3, -0.25) is 4.79 Å². The van der Waals surface area contributed by atoms with Gasteiger partial charge in [-0.05, 0) is 0 Å². The topological polar surface area (TPSA) is 138 Å². The van der Waals surface area contributed by atoms with Crippen molar-refractivity contribution in [2.75, 3.05) is 13.2 Å². The van der Waals surface area contributed by atoms with Crippen LogP contribution in [0.4, 0.5) is 0 Å². The highest BCUT2D eigenvalue weighted by Gasteiger charge is 2.33. The standard InChI is InChI=1S/C7H14O7/c8-1-3(10)5(12)7(14)6(13)4(11)2-9/h3-5,7-12,14H,1-2H2/t3-,4?,5-,7+/m1/s1. The largest absolute Gasteiger partial charge is 0.394 e. The van der Waals surface area contributed by atoms with Crippen LogP contribution in [0.2, 0.25) is 0 Å². The molecule has 0 amide bonds. The van der Waals surface area contributed by atoms with Crippen molar-refractivity contribution >= 4 is 5.78 Å². The van der Waals surface area contributed by atoms with Gasteiger partial charge in [-0.25, -0.2) is 0 Å². The predicted molar refractivity (Wildman–Crippen MR) is 43.2 cm³/mol. The van der Waals surface area contributed by atoms with Gasteiger partial charge >= 0.3 is 0 Å². The lowest BCUT2D eigenvalue weighted by atomic mass is 10.0. The average molecular weight is 210 g/mol. The van der Waals surface area contributed by atoms with Crippen LogP contribution in [0.25, 0.3) is 0 Å². The zero-order valence-electron chi connectivity index (χ0n) is 7.32. The maximum absolute atomic E-state index is 10.9. The molecule has 0 radical (unpaired) electrons. The Morgan fingerprint density at radius 3 is 1.86 bits per heavy atom. The fraction of sp³-hybridized carbons (Fsp3) is 0.857. The number of rotatable bonds is 6. The van der Waals surface area contributed by atoms with E-state index in [1.807, 2.05) is 0 Å². The Labute approximate surface area is 79.9 Å². The van der Waals surface area contributed by atoms with Gasteiger partial charge in [0, 0.05) is 0 Å². The van der Waals surface area contributed by atoms with Gasteiger partial charge in [0.05, 0.1) is 13.2 Å². The minimum absolute atomic E-state index is 0.833. The summed E-state index contributed by atoms with van der Waals surface area (Å²) in [5.41, 5.74) is 0. The minimum Gasteiger partial charge on any atom is -0.394 e. The van der Waals surface area contributed by atoms with Crippen molar-refractivity contribution in [1.82, 2.24) is 0 Å². The normalized spacial score (nSPS) is 19.9. The molecule has 7 nitrogen and oxygen atoms in total. The third kappa shape index (κ3) is 3.29. The van der Waals surface area contributed by atoms with Crippen LogP contribution in [0.3, 0.4) is 0 Å². The second-order valence-electron chi connectivity index (χ2n) is 2.79. The zero-order valence-corrected chi connectivity index (χ0v) is 7.32. The molecule has 1 unspecified atom stereocenters. The number of carbonyl (C=O) groups is 1. The Hall–Kier alpha value is -0.570. The van der Waals surface area contributed by atoms with E-state index < -0.39 is 43.4 Å². The van der Waals surface area contributed by atoms with Crippen molar-refractivity contribution in [2.24, 2.45) is 0 Å². The number of hydrogen-bond acceptors (Lipinski definition) is 7. The number of hydrogen-bond donors (Lipinski definition) is 6. The Morgan fingerprint density at radius 2 is 1.50 bits per heavy atom. The van der Waals surface area contributed by atoms with E-state index in [9.17, 15) is 4.79 Å². The van der Waals surface area contributed by atoms with E-state index in [2.05, 4.69) is 0 Å². The molecule has 0 rings (SSSR count). The highest BCUT2D eigenvalue weighted by atomic mass is 16.4. The van der Waals surface area contributed by atoms with Crippen LogP contribution in [-0.4, -0.2) is 74.1 Å². The first-order valence-electron chi connectivity index (χ1n) is 3.93. The SMILES string of the molecule is O=C(C(O)CO)[C@@H](O)[C@H](O)[C@H](O)CO.